The predicted molar refractivity (Wildman–Crippen MR) is 75.7 cm³/mol. The lowest BCUT2D eigenvalue weighted by molar-refractivity contribution is -0.119. The molecule has 8 heteroatoms. The maximum atomic E-state index is 11.1. The van der Waals surface area contributed by atoms with Crippen molar-refractivity contribution in [1.82, 2.24) is 25.3 Å². The van der Waals surface area contributed by atoms with Gasteiger partial charge in [-0.3, -0.25) is 4.79 Å². The van der Waals surface area contributed by atoms with Gasteiger partial charge in [0, 0.05) is 26.1 Å². The number of carbonyl (C=O) groups is 1. The molecule has 20 heavy (non-hydrogen) atoms. The summed E-state index contributed by atoms with van der Waals surface area (Å²) in [6.45, 7) is 3.17. The Hall–Kier alpha value is -1.89. The number of hydrogen-bond donors (Lipinski definition) is 2. The molecule has 0 aliphatic carbocycles. The number of aromatic nitrogens is 4. The predicted octanol–water partition coefficient (Wildman–Crippen LogP) is 1.11. The first-order chi connectivity index (χ1) is 9.63. The maximum Gasteiger partial charge on any atom is 0.226 e. The Labute approximate surface area is 120 Å². The highest BCUT2D eigenvalue weighted by Crippen LogP contribution is 2.25. The van der Waals surface area contributed by atoms with Gasteiger partial charge in [-0.2, -0.15) is 9.97 Å². The van der Waals surface area contributed by atoms with Crippen LogP contribution in [0.5, 0.6) is 0 Å². The van der Waals surface area contributed by atoms with Gasteiger partial charge < -0.3 is 15.2 Å². The summed E-state index contributed by atoms with van der Waals surface area (Å²) in [6.07, 6.45) is 3.36. The molecule has 0 aromatic carbocycles. The molecule has 2 N–H and O–H groups in total. The number of H-pyrrole nitrogens is 1. The Kier molecular flexibility index (Phi) is 3.43. The van der Waals surface area contributed by atoms with Gasteiger partial charge in [0.2, 0.25) is 11.2 Å². The van der Waals surface area contributed by atoms with Gasteiger partial charge in [-0.25, -0.2) is 4.98 Å². The summed E-state index contributed by atoms with van der Waals surface area (Å²) >= 11 is 5.94. The van der Waals surface area contributed by atoms with Gasteiger partial charge in [0.1, 0.15) is 5.52 Å². The van der Waals surface area contributed by atoms with E-state index in [1.165, 1.54) is 0 Å². The Bertz CT molecular complexity index is 634. The molecule has 3 rings (SSSR count). The number of anilines is 1. The van der Waals surface area contributed by atoms with Crippen molar-refractivity contribution in [3.05, 3.63) is 11.6 Å². The smallest absolute Gasteiger partial charge is 0.226 e. The van der Waals surface area contributed by atoms with Crippen molar-refractivity contribution in [2.45, 2.75) is 25.8 Å². The van der Waals surface area contributed by atoms with Crippen LogP contribution in [0, 0.1) is 0 Å². The highest BCUT2D eigenvalue weighted by molar-refractivity contribution is 6.28. The first kappa shape index (κ1) is 13.1. The van der Waals surface area contributed by atoms with E-state index in [2.05, 4.69) is 30.2 Å². The number of fused-ring (bicyclic) bond motifs is 1. The van der Waals surface area contributed by atoms with Gasteiger partial charge in [-0.1, -0.05) is 0 Å². The highest BCUT2D eigenvalue weighted by Gasteiger charge is 2.23. The highest BCUT2D eigenvalue weighted by atomic mass is 35.5. The van der Waals surface area contributed by atoms with E-state index in [0.29, 0.717) is 5.65 Å². The van der Waals surface area contributed by atoms with E-state index in [9.17, 15) is 4.79 Å². The summed E-state index contributed by atoms with van der Waals surface area (Å²) in [4.78, 5) is 28.8. The SMILES string of the molecule is CC(=O)NC1CCN(c2nc(Cl)nc3nc[nH]c23)CC1. The Morgan fingerprint density at radius 1 is 1.45 bits per heavy atom. The largest absolute Gasteiger partial charge is 0.355 e. The molecule has 0 bridgehead atoms. The van der Waals surface area contributed by atoms with E-state index in [4.69, 9.17) is 11.6 Å². The second-order valence-corrected chi connectivity index (χ2v) is 5.22. The normalized spacial score (nSPS) is 16.6. The summed E-state index contributed by atoms with van der Waals surface area (Å²) in [5.74, 6) is 0.795. The van der Waals surface area contributed by atoms with Gasteiger partial charge >= 0.3 is 0 Å². The van der Waals surface area contributed by atoms with E-state index in [1.54, 1.807) is 13.3 Å². The van der Waals surface area contributed by atoms with E-state index >= 15 is 0 Å². The van der Waals surface area contributed by atoms with Gasteiger partial charge in [-0.05, 0) is 24.4 Å². The van der Waals surface area contributed by atoms with E-state index in [-0.39, 0.29) is 17.2 Å². The summed E-state index contributed by atoms with van der Waals surface area (Å²) in [6, 6.07) is 0.235. The molecule has 1 saturated heterocycles. The second kappa shape index (κ2) is 5.24. The van der Waals surface area contributed by atoms with Crippen molar-refractivity contribution in [3.8, 4) is 0 Å². The summed E-state index contributed by atoms with van der Waals surface area (Å²) in [5, 5.41) is 3.15. The Balaban J connectivity index is 1.79. The molecule has 2 aromatic rings. The number of imidazole rings is 1. The van der Waals surface area contributed by atoms with Crippen LogP contribution in [-0.4, -0.2) is 45.0 Å². The third-order valence-electron chi connectivity index (χ3n) is 3.44. The molecule has 1 amide bonds. The lowest BCUT2D eigenvalue weighted by Crippen LogP contribution is -2.44. The molecule has 2 aromatic heterocycles. The molecule has 1 aliphatic rings. The van der Waals surface area contributed by atoms with Crippen LogP contribution >= 0.6 is 11.6 Å². The number of halogens is 1. The van der Waals surface area contributed by atoms with Gasteiger partial charge in [0.25, 0.3) is 0 Å². The summed E-state index contributed by atoms with van der Waals surface area (Å²) in [7, 11) is 0. The van der Waals surface area contributed by atoms with Crippen molar-refractivity contribution < 1.29 is 4.79 Å². The van der Waals surface area contributed by atoms with Crippen molar-refractivity contribution in [1.29, 1.82) is 0 Å². The maximum absolute atomic E-state index is 11.1. The zero-order valence-corrected chi connectivity index (χ0v) is 11.8. The molecule has 0 unspecified atom stereocenters. The molecule has 3 heterocycles. The first-order valence-electron chi connectivity index (χ1n) is 6.52. The third-order valence-corrected chi connectivity index (χ3v) is 3.61. The van der Waals surface area contributed by atoms with Crippen molar-refractivity contribution >= 4 is 34.5 Å². The van der Waals surface area contributed by atoms with E-state index < -0.39 is 0 Å². The average Bonchev–Trinajstić information content (AvgIpc) is 2.86. The molecule has 1 aliphatic heterocycles. The fourth-order valence-corrected chi connectivity index (χ4v) is 2.70. The van der Waals surface area contributed by atoms with E-state index in [0.717, 1.165) is 37.3 Å². The number of piperidine rings is 1. The number of nitrogens with one attached hydrogen (secondary N) is 2. The van der Waals surface area contributed by atoms with Gasteiger partial charge in [-0.15, -0.1) is 0 Å². The summed E-state index contributed by atoms with van der Waals surface area (Å²) in [5.41, 5.74) is 1.37. The van der Waals surface area contributed by atoms with Crippen LogP contribution in [0.3, 0.4) is 0 Å². The first-order valence-corrected chi connectivity index (χ1v) is 6.90. The average molecular weight is 295 g/mol. The van der Waals surface area contributed by atoms with Crippen LogP contribution in [-0.2, 0) is 4.79 Å². The summed E-state index contributed by atoms with van der Waals surface area (Å²) < 4.78 is 0. The second-order valence-electron chi connectivity index (χ2n) is 4.88. The number of carbonyl (C=O) groups excluding carboxylic acids is 1. The number of amides is 1. The minimum Gasteiger partial charge on any atom is -0.355 e. The third kappa shape index (κ3) is 2.53. The lowest BCUT2D eigenvalue weighted by Gasteiger charge is -2.33. The van der Waals surface area contributed by atoms with Crippen LogP contribution < -0.4 is 10.2 Å². The Morgan fingerprint density at radius 3 is 2.90 bits per heavy atom. The molecule has 0 saturated carbocycles. The zero-order chi connectivity index (χ0) is 14.1. The van der Waals surface area contributed by atoms with Crippen LogP contribution in [0.25, 0.3) is 11.2 Å². The number of hydrogen-bond acceptors (Lipinski definition) is 5. The molecular formula is C12H15ClN6O. The fraction of sp³-hybridized carbons (Fsp3) is 0.500. The van der Waals surface area contributed by atoms with Gasteiger partial charge in [0.05, 0.1) is 6.33 Å². The van der Waals surface area contributed by atoms with Crippen LogP contribution in [0.1, 0.15) is 19.8 Å². The van der Waals surface area contributed by atoms with Crippen molar-refractivity contribution in [2.24, 2.45) is 0 Å². The van der Waals surface area contributed by atoms with Gasteiger partial charge in [0.15, 0.2) is 11.5 Å². The minimum atomic E-state index is 0.0180. The molecule has 0 atom stereocenters. The molecule has 0 spiro atoms. The standard InChI is InChI=1S/C12H15ClN6O/c1-7(20)16-8-2-4-19(5-3-8)11-9-10(15-6-14-9)17-12(13)18-11/h6,8H,2-5H2,1H3,(H,16,20)(H,14,15,17,18). The topological polar surface area (TPSA) is 86.8 Å². The van der Waals surface area contributed by atoms with Crippen LogP contribution in [0.4, 0.5) is 5.82 Å². The van der Waals surface area contributed by atoms with Crippen molar-refractivity contribution in [2.75, 3.05) is 18.0 Å². The molecular weight excluding hydrogens is 280 g/mol. The Morgan fingerprint density at radius 2 is 2.20 bits per heavy atom. The fourth-order valence-electron chi connectivity index (χ4n) is 2.54. The molecule has 106 valence electrons. The zero-order valence-electron chi connectivity index (χ0n) is 11.1. The van der Waals surface area contributed by atoms with Crippen LogP contribution in [0.2, 0.25) is 5.28 Å². The number of rotatable bonds is 2. The van der Waals surface area contributed by atoms with E-state index in [1.807, 2.05) is 0 Å². The lowest BCUT2D eigenvalue weighted by atomic mass is 10.1. The molecule has 0 radical (unpaired) electrons. The molecule has 7 nitrogen and oxygen atoms in total. The number of nitrogens with zero attached hydrogens (tertiary/aromatic N) is 4. The number of aromatic amines is 1. The minimum absolute atomic E-state index is 0.0180. The molecule has 1 fully saturated rings. The van der Waals surface area contributed by atoms with Crippen molar-refractivity contribution in [3.63, 3.8) is 0 Å². The van der Waals surface area contributed by atoms with Crippen LogP contribution in [0.15, 0.2) is 6.33 Å². The monoisotopic (exact) mass is 294 g/mol. The quantitative estimate of drug-likeness (QED) is 0.810.